The van der Waals surface area contributed by atoms with Crippen LogP contribution in [0.15, 0.2) is 24.3 Å². The Hall–Kier alpha value is -1.58. The van der Waals surface area contributed by atoms with Crippen molar-refractivity contribution in [3.63, 3.8) is 0 Å². The smallest absolute Gasteiger partial charge is 0.312 e. The van der Waals surface area contributed by atoms with E-state index in [0.29, 0.717) is 6.42 Å². The highest BCUT2D eigenvalue weighted by Gasteiger charge is 2.14. The van der Waals surface area contributed by atoms with Gasteiger partial charge < -0.3 is 9.47 Å². The molecule has 0 aliphatic rings. The van der Waals surface area contributed by atoms with E-state index in [0.717, 1.165) is 51.4 Å². The van der Waals surface area contributed by atoms with E-state index in [-0.39, 0.29) is 17.9 Å². The molecule has 0 aliphatic carbocycles. The number of unbranched alkanes of at least 4 members (excludes halogenated alkanes) is 6. The first kappa shape index (κ1) is 22.4. The molecule has 1 unspecified atom stereocenters. The second kappa shape index (κ2) is 16.3. The van der Waals surface area contributed by atoms with Crippen molar-refractivity contribution < 1.29 is 19.1 Å². The van der Waals surface area contributed by atoms with Crippen LogP contribution in [0, 0.1) is 5.92 Å². The zero-order chi connectivity index (χ0) is 18.0. The Morgan fingerprint density at radius 3 is 2.29 bits per heavy atom. The minimum absolute atomic E-state index is 0.117. The van der Waals surface area contributed by atoms with Gasteiger partial charge in [-0.1, -0.05) is 63.3 Å². The van der Waals surface area contributed by atoms with Crippen molar-refractivity contribution in [1.29, 1.82) is 0 Å². The van der Waals surface area contributed by atoms with E-state index >= 15 is 0 Å². The molecular formula is C20H34O4. The topological polar surface area (TPSA) is 52.6 Å². The third-order valence-electron chi connectivity index (χ3n) is 3.94. The van der Waals surface area contributed by atoms with Gasteiger partial charge in [0.15, 0.2) is 0 Å². The van der Waals surface area contributed by atoms with Gasteiger partial charge >= 0.3 is 11.9 Å². The fraction of sp³-hybridized carbons (Fsp3) is 0.700. The summed E-state index contributed by atoms with van der Waals surface area (Å²) in [6, 6.07) is 0. The zero-order valence-corrected chi connectivity index (χ0v) is 15.6. The van der Waals surface area contributed by atoms with Crippen molar-refractivity contribution in [1.82, 2.24) is 0 Å². The summed E-state index contributed by atoms with van der Waals surface area (Å²) in [7, 11) is 2.87. The summed E-state index contributed by atoms with van der Waals surface area (Å²) in [5.74, 6) is -0.400. The Morgan fingerprint density at radius 1 is 0.917 bits per heavy atom. The molecule has 0 aliphatic heterocycles. The van der Waals surface area contributed by atoms with Crippen molar-refractivity contribution in [3.8, 4) is 0 Å². The molecule has 24 heavy (non-hydrogen) atoms. The van der Waals surface area contributed by atoms with Crippen LogP contribution in [0.5, 0.6) is 0 Å². The molecule has 0 heterocycles. The summed E-state index contributed by atoms with van der Waals surface area (Å²) in [5, 5.41) is 0. The van der Waals surface area contributed by atoms with Crippen LogP contribution in [0.4, 0.5) is 0 Å². The number of methoxy groups -OCH3 is 2. The van der Waals surface area contributed by atoms with Crippen molar-refractivity contribution in [2.45, 2.75) is 71.1 Å². The van der Waals surface area contributed by atoms with Gasteiger partial charge in [0.25, 0.3) is 0 Å². The van der Waals surface area contributed by atoms with E-state index < -0.39 is 0 Å². The maximum Gasteiger partial charge on any atom is 0.312 e. The maximum atomic E-state index is 11.6. The lowest BCUT2D eigenvalue weighted by Gasteiger charge is -2.08. The van der Waals surface area contributed by atoms with E-state index in [1.807, 2.05) is 18.2 Å². The lowest BCUT2D eigenvalue weighted by atomic mass is 10.0. The number of hydrogen-bond acceptors (Lipinski definition) is 4. The minimum Gasteiger partial charge on any atom is -0.469 e. The Morgan fingerprint density at radius 2 is 1.62 bits per heavy atom. The summed E-state index contributed by atoms with van der Waals surface area (Å²) in [6.07, 6.45) is 18.0. The molecule has 0 spiro atoms. The molecule has 0 aromatic heterocycles. The molecule has 138 valence electrons. The van der Waals surface area contributed by atoms with Gasteiger partial charge in [0.1, 0.15) is 0 Å². The number of hydrogen-bond donors (Lipinski definition) is 0. The summed E-state index contributed by atoms with van der Waals surface area (Å²) < 4.78 is 9.44. The first-order chi connectivity index (χ1) is 11.7. The number of rotatable bonds is 14. The number of allylic oxidation sites excluding steroid dienone is 3. The van der Waals surface area contributed by atoms with Crippen LogP contribution in [0.2, 0.25) is 0 Å². The normalized spacial score (nSPS) is 12.6. The van der Waals surface area contributed by atoms with Crippen LogP contribution in [0.3, 0.4) is 0 Å². The largest absolute Gasteiger partial charge is 0.469 e. The number of ether oxygens (including phenoxy) is 2. The third kappa shape index (κ3) is 12.9. The van der Waals surface area contributed by atoms with Gasteiger partial charge in [-0.15, -0.1) is 0 Å². The van der Waals surface area contributed by atoms with E-state index in [1.54, 1.807) is 0 Å². The molecule has 0 bridgehead atoms. The van der Waals surface area contributed by atoms with E-state index in [2.05, 4.69) is 17.7 Å². The molecule has 4 nitrogen and oxygen atoms in total. The second-order valence-electron chi connectivity index (χ2n) is 5.97. The van der Waals surface area contributed by atoms with Gasteiger partial charge in [0.2, 0.25) is 0 Å². The quantitative estimate of drug-likeness (QED) is 0.254. The molecule has 0 aromatic rings. The average molecular weight is 338 g/mol. The lowest BCUT2D eigenvalue weighted by molar-refractivity contribution is -0.144. The van der Waals surface area contributed by atoms with Crippen molar-refractivity contribution >= 4 is 11.9 Å². The fourth-order valence-electron chi connectivity index (χ4n) is 2.41. The molecule has 0 saturated heterocycles. The van der Waals surface area contributed by atoms with Gasteiger partial charge in [0, 0.05) is 6.42 Å². The van der Waals surface area contributed by atoms with Gasteiger partial charge in [0.05, 0.1) is 20.1 Å². The Labute approximate surface area is 147 Å². The van der Waals surface area contributed by atoms with Crippen LogP contribution in [0.1, 0.15) is 71.1 Å². The molecule has 0 radical (unpaired) electrons. The fourth-order valence-corrected chi connectivity index (χ4v) is 2.41. The minimum atomic E-state index is -0.153. The van der Waals surface area contributed by atoms with Crippen LogP contribution < -0.4 is 0 Å². The Balaban J connectivity index is 3.74. The standard InChI is InChI=1S/C20H34O4/c1-4-5-15-18(20(22)24-3)16-13-11-9-7-6-8-10-12-14-17-19(21)23-2/h9,11,13,16,18H,4-8,10,12,14-15,17H2,1-3H3. The van der Waals surface area contributed by atoms with Crippen molar-refractivity contribution in [2.24, 2.45) is 5.92 Å². The van der Waals surface area contributed by atoms with E-state index in [9.17, 15) is 9.59 Å². The summed E-state index contributed by atoms with van der Waals surface area (Å²) >= 11 is 0. The van der Waals surface area contributed by atoms with E-state index in [1.165, 1.54) is 20.6 Å². The second-order valence-corrected chi connectivity index (χ2v) is 5.97. The average Bonchev–Trinajstić information content (AvgIpc) is 2.61. The number of esters is 2. The van der Waals surface area contributed by atoms with Gasteiger partial charge in [-0.2, -0.15) is 0 Å². The van der Waals surface area contributed by atoms with Crippen LogP contribution in [0.25, 0.3) is 0 Å². The molecular weight excluding hydrogens is 304 g/mol. The first-order valence-electron chi connectivity index (χ1n) is 9.13. The van der Waals surface area contributed by atoms with Gasteiger partial charge in [-0.3, -0.25) is 9.59 Å². The van der Waals surface area contributed by atoms with Gasteiger partial charge in [-0.25, -0.2) is 0 Å². The predicted octanol–water partition coefficient (Wildman–Crippen LogP) is 4.98. The molecule has 0 amide bonds. The molecule has 4 heteroatoms. The predicted molar refractivity (Wildman–Crippen MR) is 97.6 cm³/mol. The molecule has 0 saturated carbocycles. The molecule has 0 rings (SSSR count). The van der Waals surface area contributed by atoms with E-state index in [4.69, 9.17) is 4.74 Å². The lowest BCUT2D eigenvalue weighted by Crippen LogP contribution is -2.13. The molecule has 1 atom stereocenters. The van der Waals surface area contributed by atoms with Crippen molar-refractivity contribution in [3.05, 3.63) is 24.3 Å². The Bertz CT molecular complexity index is 385. The zero-order valence-electron chi connectivity index (χ0n) is 15.6. The molecule has 0 N–H and O–H groups in total. The van der Waals surface area contributed by atoms with Crippen LogP contribution in [-0.4, -0.2) is 26.2 Å². The summed E-state index contributed by atoms with van der Waals surface area (Å²) in [6.45, 7) is 2.12. The summed E-state index contributed by atoms with van der Waals surface area (Å²) in [4.78, 5) is 22.6. The highest BCUT2D eigenvalue weighted by atomic mass is 16.5. The molecule has 0 aromatic carbocycles. The summed E-state index contributed by atoms with van der Waals surface area (Å²) in [5.41, 5.74) is 0. The first-order valence-corrected chi connectivity index (χ1v) is 9.13. The maximum absolute atomic E-state index is 11.6. The SMILES string of the molecule is CCCCC(C=CC=CCCCCCCCC(=O)OC)C(=O)OC. The van der Waals surface area contributed by atoms with Crippen LogP contribution in [-0.2, 0) is 19.1 Å². The highest BCUT2D eigenvalue weighted by Crippen LogP contribution is 2.12. The van der Waals surface area contributed by atoms with Crippen molar-refractivity contribution in [2.75, 3.05) is 14.2 Å². The monoisotopic (exact) mass is 338 g/mol. The molecule has 0 fully saturated rings. The Kier molecular flexibility index (Phi) is 15.2. The van der Waals surface area contributed by atoms with Crippen LogP contribution >= 0.6 is 0 Å². The number of carbonyl (C=O) groups excluding carboxylic acids is 2. The third-order valence-corrected chi connectivity index (χ3v) is 3.94. The van der Waals surface area contributed by atoms with Gasteiger partial charge in [-0.05, 0) is 25.7 Å². The highest BCUT2D eigenvalue weighted by molar-refractivity contribution is 5.74. The number of carbonyl (C=O) groups is 2.